The van der Waals surface area contributed by atoms with Gasteiger partial charge in [-0.2, -0.15) is 0 Å². The molecular formula is C12H14O2. The molecule has 0 saturated heterocycles. The molecule has 2 rings (SSSR count). The minimum Gasteiger partial charge on any atom is -0.497 e. The van der Waals surface area contributed by atoms with Crippen molar-refractivity contribution in [1.82, 2.24) is 0 Å². The third kappa shape index (κ3) is 1.52. The Bertz CT molecular complexity index is 316. The van der Waals surface area contributed by atoms with Crippen molar-refractivity contribution in [2.75, 3.05) is 7.11 Å². The Morgan fingerprint density at radius 1 is 1.29 bits per heavy atom. The zero-order valence-electron chi connectivity index (χ0n) is 8.27. The van der Waals surface area contributed by atoms with E-state index >= 15 is 0 Å². The number of methoxy groups -OCH3 is 1. The number of hydrogen-bond donors (Lipinski definition) is 0. The van der Waals surface area contributed by atoms with Crippen molar-refractivity contribution in [2.24, 2.45) is 5.92 Å². The molecule has 1 saturated carbocycles. The normalized spacial score (nSPS) is 25.2. The first-order chi connectivity index (χ1) is 6.85. The van der Waals surface area contributed by atoms with Crippen LogP contribution in [0.4, 0.5) is 0 Å². The molecule has 0 bridgehead atoms. The maximum Gasteiger partial charge on any atom is 0.123 e. The zero-order valence-corrected chi connectivity index (χ0v) is 8.27. The molecule has 1 aromatic rings. The average Bonchev–Trinajstić information content (AvgIpc) is 2.18. The summed E-state index contributed by atoms with van der Waals surface area (Å²) in [6, 6.07) is 8.02. The highest BCUT2D eigenvalue weighted by Gasteiger charge is 2.31. The fourth-order valence-corrected chi connectivity index (χ4v) is 1.95. The number of aldehydes is 1. The van der Waals surface area contributed by atoms with E-state index in [-0.39, 0.29) is 5.92 Å². The maximum atomic E-state index is 10.7. The molecule has 0 amide bonds. The van der Waals surface area contributed by atoms with Gasteiger partial charge in [-0.05, 0) is 36.5 Å². The van der Waals surface area contributed by atoms with Crippen LogP contribution in [-0.2, 0) is 4.79 Å². The second-order valence-corrected chi connectivity index (χ2v) is 3.76. The highest BCUT2D eigenvalue weighted by atomic mass is 16.5. The summed E-state index contributed by atoms with van der Waals surface area (Å²) in [5.74, 6) is 1.55. The van der Waals surface area contributed by atoms with Crippen molar-refractivity contribution in [3.05, 3.63) is 29.8 Å². The summed E-state index contributed by atoms with van der Waals surface area (Å²) < 4.78 is 5.08. The van der Waals surface area contributed by atoms with Gasteiger partial charge >= 0.3 is 0 Å². The van der Waals surface area contributed by atoms with Crippen LogP contribution in [0, 0.1) is 5.92 Å². The van der Waals surface area contributed by atoms with E-state index in [0.717, 1.165) is 24.9 Å². The Balaban J connectivity index is 2.13. The van der Waals surface area contributed by atoms with E-state index in [4.69, 9.17) is 4.74 Å². The van der Waals surface area contributed by atoms with Crippen molar-refractivity contribution in [3.63, 3.8) is 0 Å². The van der Waals surface area contributed by atoms with Crippen molar-refractivity contribution in [2.45, 2.75) is 18.8 Å². The summed E-state index contributed by atoms with van der Waals surface area (Å²) in [6.45, 7) is 0. The van der Waals surface area contributed by atoms with Gasteiger partial charge in [-0.25, -0.2) is 0 Å². The van der Waals surface area contributed by atoms with Crippen molar-refractivity contribution < 1.29 is 9.53 Å². The molecule has 14 heavy (non-hydrogen) atoms. The van der Waals surface area contributed by atoms with E-state index in [0.29, 0.717) is 5.92 Å². The molecule has 2 nitrogen and oxygen atoms in total. The Hall–Kier alpha value is -1.31. The molecule has 0 aliphatic heterocycles. The Morgan fingerprint density at radius 3 is 2.43 bits per heavy atom. The number of benzene rings is 1. The van der Waals surface area contributed by atoms with Crippen molar-refractivity contribution in [3.8, 4) is 5.75 Å². The van der Waals surface area contributed by atoms with Gasteiger partial charge in [0.25, 0.3) is 0 Å². The molecule has 1 fully saturated rings. The first-order valence-corrected chi connectivity index (χ1v) is 4.94. The number of ether oxygens (including phenoxy) is 1. The summed E-state index contributed by atoms with van der Waals surface area (Å²) in [6.07, 6.45) is 3.26. The van der Waals surface area contributed by atoms with Crippen LogP contribution in [0.5, 0.6) is 5.75 Å². The standard InChI is InChI=1S/C12H14O2/c1-14-11-5-2-9(3-6-11)12-7-4-10(12)8-13/h2-3,5-6,8,10,12H,4,7H2,1H3. The van der Waals surface area contributed by atoms with E-state index in [1.54, 1.807) is 7.11 Å². The number of carbonyl (C=O) groups is 1. The monoisotopic (exact) mass is 190 g/mol. The maximum absolute atomic E-state index is 10.7. The molecule has 0 radical (unpaired) electrons. The van der Waals surface area contributed by atoms with Crippen molar-refractivity contribution in [1.29, 1.82) is 0 Å². The van der Waals surface area contributed by atoms with Gasteiger partial charge < -0.3 is 9.53 Å². The van der Waals surface area contributed by atoms with Crippen LogP contribution in [-0.4, -0.2) is 13.4 Å². The fraction of sp³-hybridized carbons (Fsp3) is 0.417. The van der Waals surface area contributed by atoms with Crippen LogP contribution in [0.15, 0.2) is 24.3 Å². The lowest BCUT2D eigenvalue weighted by molar-refractivity contribution is -0.113. The summed E-state index contributed by atoms with van der Waals surface area (Å²) in [5, 5.41) is 0. The fourth-order valence-electron chi connectivity index (χ4n) is 1.95. The molecule has 1 aromatic carbocycles. The highest BCUT2D eigenvalue weighted by Crippen LogP contribution is 2.41. The van der Waals surface area contributed by atoms with E-state index < -0.39 is 0 Å². The van der Waals surface area contributed by atoms with Gasteiger partial charge in [0.2, 0.25) is 0 Å². The van der Waals surface area contributed by atoms with Gasteiger partial charge in [-0.3, -0.25) is 0 Å². The predicted molar refractivity (Wildman–Crippen MR) is 54.5 cm³/mol. The minimum absolute atomic E-state index is 0.239. The highest BCUT2D eigenvalue weighted by molar-refractivity contribution is 5.58. The molecule has 1 aliphatic carbocycles. The number of rotatable bonds is 3. The van der Waals surface area contributed by atoms with E-state index in [1.165, 1.54) is 5.56 Å². The van der Waals surface area contributed by atoms with Crippen LogP contribution >= 0.6 is 0 Å². The smallest absolute Gasteiger partial charge is 0.123 e. The van der Waals surface area contributed by atoms with Gasteiger partial charge in [0, 0.05) is 5.92 Å². The Morgan fingerprint density at radius 2 is 2.00 bits per heavy atom. The van der Waals surface area contributed by atoms with Gasteiger partial charge in [0.15, 0.2) is 0 Å². The Kier molecular flexibility index (Phi) is 2.53. The van der Waals surface area contributed by atoms with Crippen LogP contribution in [0.3, 0.4) is 0 Å². The van der Waals surface area contributed by atoms with Crippen LogP contribution < -0.4 is 4.74 Å². The molecule has 0 aromatic heterocycles. The molecule has 0 spiro atoms. The van der Waals surface area contributed by atoms with Crippen LogP contribution in [0.2, 0.25) is 0 Å². The SMILES string of the molecule is COc1ccc(C2CCC2C=O)cc1. The van der Waals surface area contributed by atoms with Crippen LogP contribution in [0.25, 0.3) is 0 Å². The number of carbonyl (C=O) groups excluding carboxylic acids is 1. The lowest BCUT2D eigenvalue weighted by Gasteiger charge is -2.32. The molecule has 1 aliphatic rings. The minimum atomic E-state index is 0.239. The van der Waals surface area contributed by atoms with Gasteiger partial charge in [-0.15, -0.1) is 0 Å². The lowest BCUT2D eigenvalue weighted by Crippen LogP contribution is -2.24. The van der Waals surface area contributed by atoms with Gasteiger partial charge in [0.1, 0.15) is 12.0 Å². The largest absolute Gasteiger partial charge is 0.497 e. The molecular weight excluding hydrogens is 176 g/mol. The number of hydrogen-bond acceptors (Lipinski definition) is 2. The van der Waals surface area contributed by atoms with Gasteiger partial charge in [-0.1, -0.05) is 12.1 Å². The van der Waals surface area contributed by atoms with Crippen molar-refractivity contribution >= 4 is 6.29 Å². The average molecular weight is 190 g/mol. The quantitative estimate of drug-likeness (QED) is 0.684. The Labute approximate surface area is 83.9 Å². The molecule has 0 N–H and O–H groups in total. The van der Waals surface area contributed by atoms with Crippen LogP contribution in [0.1, 0.15) is 24.3 Å². The van der Waals surface area contributed by atoms with E-state index in [2.05, 4.69) is 12.1 Å². The summed E-state index contributed by atoms with van der Waals surface area (Å²) in [4.78, 5) is 10.7. The second-order valence-electron chi connectivity index (χ2n) is 3.76. The molecule has 74 valence electrons. The molecule has 2 unspecified atom stereocenters. The lowest BCUT2D eigenvalue weighted by atomic mass is 9.71. The van der Waals surface area contributed by atoms with E-state index in [9.17, 15) is 4.79 Å². The third-order valence-electron chi connectivity index (χ3n) is 3.05. The molecule has 2 atom stereocenters. The third-order valence-corrected chi connectivity index (χ3v) is 3.05. The molecule has 2 heteroatoms. The van der Waals surface area contributed by atoms with E-state index in [1.807, 2.05) is 12.1 Å². The first-order valence-electron chi connectivity index (χ1n) is 4.94. The summed E-state index contributed by atoms with van der Waals surface area (Å²) in [5.41, 5.74) is 1.26. The topological polar surface area (TPSA) is 26.3 Å². The summed E-state index contributed by atoms with van der Waals surface area (Å²) >= 11 is 0. The molecule has 0 heterocycles. The zero-order chi connectivity index (χ0) is 9.97. The predicted octanol–water partition coefficient (Wildman–Crippen LogP) is 2.39. The van der Waals surface area contributed by atoms with Gasteiger partial charge in [0.05, 0.1) is 7.11 Å². The first kappa shape index (κ1) is 9.25. The second kappa shape index (κ2) is 3.82. The summed E-state index contributed by atoms with van der Waals surface area (Å²) in [7, 11) is 1.66.